The molecule has 0 fully saturated rings. The van der Waals surface area contributed by atoms with Gasteiger partial charge in [-0.15, -0.1) is 0 Å². The molecule has 2 aromatic carbocycles. The maximum absolute atomic E-state index is 13.0. The van der Waals surface area contributed by atoms with E-state index in [-0.39, 0.29) is 35.6 Å². The number of nitrogens with one attached hydrogen (secondary N) is 2. The minimum absolute atomic E-state index is 0.0247. The van der Waals surface area contributed by atoms with Gasteiger partial charge in [0.05, 0.1) is 4.90 Å². The Kier molecular flexibility index (Phi) is 8.57. The van der Waals surface area contributed by atoms with E-state index in [1.165, 1.54) is 30.3 Å². The van der Waals surface area contributed by atoms with Gasteiger partial charge in [0.1, 0.15) is 17.4 Å². The van der Waals surface area contributed by atoms with Gasteiger partial charge in [-0.3, -0.25) is 0 Å². The molecule has 196 valence electrons. The Morgan fingerprint density at radius 2 is 1.89 bits per heavy atom. The molecular formula is C23H25N5O8S. The highest BCUT2D eigenvalue weighted by Crippen LogP contribution is 2.23. The summed E-state index contributed by atoms with van der Waals surface area (Å²) in [6.07, 6.45) is 0.0863. The van der Waals surface area contributed by atoms with Gasteiger partial charge in [-0.2, -0.15) is 4.72 Å². The number of aryl methyl sites for hydroxylation is 2. The largest absolute Gasteiger partial charge is 0.425 e. The van der Waals surface area contributed by atoms with Crippen LogP contribution in [-0.4, -0.2) is 38.0 Å². The van der Waals surface area contributed by atoms with Gasteiger partial charge in [0.15, 0.2) is 5.03 Å². The number of aliphatic imine (C=N–C) groups is 1. The van der Waals surface area contributed by atoms with Crippen molar-refractivity contribution in [3.8, 4) is 5.75 Å². The summed E-state index contributed by atoms with van der Waals surface area (Å²) in [6.45, 7) is 3.51. The zero-order valence-electron chi connectivity index (χ0n) is 20.0. The number of rotatable bonds is 10. The third kappa shape index (κ3) is 7.59. The molecule has 4 N–H and O–H groups in total. The first kappa shape index (κ1) is 27.3. The van der Waals surface area contributed by atoms with E-state index in [1.54, 1.807) is 37.5 Å². The smallest absolute Gasteiger partial charge is 0.336 e. The number of guanidine groups is 1. The fraction of sp³-hybridized carbons (Fsp3) is 0.261. The van der Waals surface area contributed by atoms with E-state index < -0.39 is 38.7 Å². The first-order valence-electron chi connectivity index (χ1n) is 11.0. The van der Waals surface area contributed by atoms with E-state index in [4.69, 9.17) is 14.9 Å². The predicted molar refractivity (Wildman–Crippen MR) is 134 cm³/mol. The van der Waals surface area contributed by atoms with Gasteiger partial charge in [0.2, 0.25) is 10.0 Å². The number of hydrogen-bond acceptors (Lipinski definition) is 9. The van der Waals surface area contributed by atoms with Gasteiger partial charge in [-0.25, -0.2) is 33.1 Å². The second kappa shape index (κ2) is 11.6. The second-order valence-corrected chi connectivity index (χ2v) is 9.81. The molecule has 1 aromatic heterocycles. The number of benzene rings is 2. The lowest BCUT2D eigenvalue weighted by Gasteiger charge is -2.18. The Hall–Kier alpha value is -4.30. The highest BCUT2D eigenvalue weighted by atomic mass is 32.2. The van der Waals surface area contributed by atoms with Gasteiger partial charge >= 0.3 is 11.6 Å². The Morgan fingerprint density at radius 3 is 2.57 bits per heavy atom. The van der Waals surface area contributed by atoms with E-state index in [2.05, 4.69) is 9.71 Å². The van der Waals surface area contributed by atoms with Crippen LogP contribution in [0.15, 0.2) is 67.6 Å². The summed E-state index contributed by atoms with van der Waals surface area (Å²) >= 11 is 0. The molecule has 0 spiro atoms. The molecule has 0 saturated carbocycles. The van der Waals surface area contributed by atoms with Crippen LogP contribution in [0.3, 0.4) is 0 Å². The maximum atomic E-state index is 13.0. The topological polar surface area (TPSA) is 196 Å². The Morgan fingerprint density at radius 1 is 1.19 bits per heavy atom. The number of carbonyl (C=O) groups is 1. The van der Waals surface area contributed by atoms with Crippen molar-refractivity contribution < 1.29 is 27.4 Å². The van der Waals surface area contributed by atoms with Gasteiger partial charge in [0.25, 0.3) is 5.96 Å². The summed E-state index contributed by atoms with van der Waals surface area (Å²) in [5, 5.41) is 10.2. The Balaban J connectivity index is 1.81. The van der Waals surface area contributed by atoms with Gasteiger partial charge < -0.3 is 14.9 Å². The quantitative estimate of drug-likeness (QED) is 0.0504. The summed E-state index contributed by atoms with van der Waals surface area (Å²) in [6, 6.07) is 10.5. The molecule has 3 aromatic rings. The molecule has 0 amide bonds. The lowest BCUT2D eigenvalue weighted by Crippen LogP contribution is -2.43. The molecule has 37 heavy (non-hydrogen) atoms. The lowest BCUT2D eigenvalue weighted by molar-refractivity contribution is -0.525. The highest BCUT2D eigenvalue weighted by molar-refractivity contribution is 7.89. The first-order valence-corrected chi connectivity index (χ1v) is 12.5. The van der Waals surface area contributed by atoms with E-state index in [0.29, 0.717) is 10.9 Å². The SMILES string of the molecule is Cc1ccc(S(=O)(=O)N[C@@H](CCCN=C(N)N[N+](=O)[O-])C(=O)Oc2ccc3c(C)cc(=O)oc3c2)cc1. The number of hydrazine groups is 1. The molecule has 0 aliphatic heterocycles. The number of nitrogens with zero attached hydrogens (tertiary/aromatic N) is 2. The van der Waals surface area contributed by atoms with E-state index >= 15 is 0 Å². The van der Waals surface area contributed by atoms with E-state index in [1.807, 2.05) is 0 Å². The van der Waals surface area contributed by atoms with Crippen molar-refractivity contribution in [3.63, 3.8) is 0 Å². The molecule has 1 heterocycles. The summed E-state index contributed by atoms with van der Waals surface area (Å²) in [4.78, 5) is 38.9. The van der Waals surface area contributed by atoms with Crippen LogP contribution in [0.1, 0.15) is 24.0 Å². The fourth-order valence-electron chi connectivity index (χ4n) is 3.38. The monoisotopic (exact) mass is 531 g/mol. The van der Waals surface area contributed by atoms with Gasteiger partial charge in [-0.05, 0) is 56.5 Å². The van der Waals surface area contributed by atoms with Crippen LogP contribution in [0.5, 0.6) is 5.75 Å². The molecule has 0 bridgehead atoms. The highest BCUT2D eigenvalue weighted by Gasteiger charge is 2.27. The number of hydrogen-bond donors (Lipinski definition) is 3. The Bertz CT molecular complexity index is 1500. The Labute approximate surface area is 211 Å². The van der Waals surface area contributed by atoms with Crippen LogP contribution in [0.25, 0.3) is 11.0 Å². The molecule has 0 aliphatic carbocycles. The first-order chi connectivity index (χ1) is 17.4. The van der Waals surface area contributed by atoms with Gasteiger partial charge in [0, 0.05) is 24.1 Å². The third-order valence-electron chi connectivity index (χ3n) is 5.19. The average Bonchev–Trinajstić information content (AvgIpc) is 2.80. The molecular weight excluding hydrogens is 506 g/mol. The minimum atomic E-state index is -4.10. The van der Waals surface area contributed by atoms with Gasteiger partial charge in [-0.1, -0.05) is 23.1 Å². The minimum Gasteiger partial charge on any atom is -0.425 e. The summed E-state index contributed by atoms with van der Waals surface area (Å²) in [5.41, 5.74) is 8.23. The number of carbonyl (C=O) groups excluding carboxylic acids is 1. The van der Waals surface area contributed by atoms with E-state index in [9.17, 15) is 28.1 Å². The molecule has 3 rings (SSSR count). The molecule has 14 heteroatoms. The number of nitro groups is 1. The number of esters is 1. The molecule has 1 atom stereocenters. The average molecular weight is 532 g/mol. The zero-order chi connectivity index (χ0) is 27.2. The summed E-state index contributed by atoms with van der Waals surface area (Å²) < 4.78 is 38.8. The van der Waals surface area contributed by atoms with Crippen molar-refractivity contribution in [2.24, 2.45) is 10.7 Å². The number of ether oxygens (including phenoxy) is 1. The zero-order valence-corrected chi connectivity index (χ0v) is 20.8. The van der Waals surface area contributed by atoms with Crippen LogP contribution in [0.4, 0.5) is 0 Å². The molecule has 0 aliphatic rings. The van der Waals surface area contributed by atoms with Crippen molar-refractivity contribution in [1.82, 2.24) is 10.1 Å². The van der Waals surface area contributed by atoms with Crippen molar-refractivity contribution in [2.75, 3.05) is 6.54 Å². The molecule has 0 saturated heterocycles. The second-order valence-electron chi connectivity index (χ2n) is 8.09. The fourth-order valence-corrected chi connectivity index (χ4v) is 4.60. The van der Waals surface area contributed by atoms with Crippen LogP contribution >= 0.6 is 0 Å². The normalized spacial score (nSPS) is 12.8. The molecule has 13 nitrogen and oxygen atoms in total. The van der Waals surface area contributed by atoms with Crippen LogP contribution < -0.4 is 26.2 Å². The third-order valence-corrected chi connectivity index (χ3v) is 6.68. The van der Waals surface area contributed by atoms with E-state index in [0.717, 1.165) is 5.56 Å². The summed E-state index contributed by atoms with van der Waals surface area (Å²) in [7, 11) is -4.10. The maximum Gasteiger partial charge on any atom is 0.336 e. The standard InChI is InChI=1S/C23H25N5O8S/c1-14-5-8-17(9-6-14)37(33,34)27-19(4-3-11-25-23(24)26-28(31)32)22(30)35-16-7-10-18-15(2)12-21(29)36-20(18)13-16/h5-10,12-13,19,27H,3-4,11H2,1-2H3,(H3,24,25,26)/t19-/m0/s1. The van der Waals surface area contributed by atoms with Crippen molar-refractivity contribution in [1.29, 1.82) is 0 Å². The van der Waals surface area contributed by atoms with Crippen LogP contribution in [0.2, 0.25) is 0 Å². The van der Waals surface area contributed by atoms with Crippen molar-refractivity contribution in [3.05, 3.63) is 80.2 Å². The molecule has 0 unspecified atom stereocenters. The van der Waals surface area contributed by atoms with Crippen molar-refractivity contribution >= 4 is 32.9 Å². The van der Waals surface area contributed by atoms with Crippen LogP contribution in [-0.2, 0) is 14.8 Å². The molecule has 0 radical (unpaired) electrons. The van der Waals surface area contributed by atoms with Crippen molar-refractivity contribution in [2.45, 2.75) is 37.6 Å². The van der Waals surface area contributed by atoms with Crippen LogP contribution in [0, 0.1) is 24.0 Å². The number of nitrogens with two attached hydrogens (primary N) is 1. The predicted octanol–water partition coefficient (Wildman–Crippen LogP) is 1.54. The lowest BCUT2D eigenvalue weighted by atomic mass is 10.1. The summed E-state index contributed by atoms with van der Waals surface area (Å²) in [5.74, 6) is -1.30. The number of sulfonamides is 1. The number of fused-ring (bicyclic) bond motifs is 1.